The molecule has 0 unspecified atom stereocenters. The SMILES string of the molecule is CC(C)COc1cccc(C(=O)NC(=S)Nc2ccc(N3CCN(C(=O)c4ccco4)CC3)cc2)c1. The van der Waals surface area contributed by atoms with Crippen LogP contribution < -0.4 is 20.3 Å². The molecule has 0 radical (unpaired) electrons. The molecule has 0 saturated carbocycles. The number of furan rings is 1. The molecule has 188 valence electrons. The number of nitrogens with one attached hydrogen (secondary N) is 2. The zero-order valence-electron chi connectivity index (χ0n) is 20.4. The number of ether oxygens (including phenoxy) is 1. The quantitative estimate of drug-likeness (QED) is 0.459. The molecule has 1 aliphatic rings. The monoisotopic (exact) mass is 506 g/mol. The number of amides is 2. The summed E-state index contributed by atoms with van der Waals surface area (Å²) >= 11 is 5.33. The second-order valence-electron chi connectivity index (χ2n) is 8.94. The Labute approximate surface area is 216 Å². The van der Waals surface area contributed by atoms with Crippen molar-refractivity contribution in [2.24, 2.45) is 5.92 Å². The van der Waals surface area contributed by atoms with Crippen LogP contribution in [0.4, 0.5) is 11.4 Å². The minimum Gasteiger partial charge on any atom is -0.493 e. The van der Waals surface area contributed by atoms with E-state index in [1.54, 1.807) is 35.2 Å². The number of nitrogens with zero attached hydrogens (tertiary/aromatic N) is 2. The van der Waals surface area contributed by atoms with Crippen molar-refractivity contribution in [3.8, 4) is 5.75 Å². The van der Waals surface area contributed by atoms with Gasteiger partial charge in [0.05, 0.1) is 12.9 Å². The van der Waals surface area contributed by atoms with E-state index in [1.165, 1.54) is 6.26 Å². The summed E-state index contributed by atoms with van der Waals surface area (Å²) in [6, 6.07) is 18.3. The molecule has 1 aromatic heterocycles. The van der Waals surface area contributed by atoms with Crippen LogP contribution >= 0.6 is 12.2 Å². The van der Waals surface area contributed by atoms with Crippen molar-refractivity contribution in [2.45, 2.75) is 13.8 Å². The molecule has 9 heteroatoms. The molecule has 8 nitrogen and oxygen atoms in total. The van der Waals surface area contributed by atoms with E-state index in [4.69, 9.17) is 21.4 Å². The molecule has 2 amide bonds. The number of thiocarbonyl (C=S) groups is 1. The summed E-state index contributed by atoms with van der Waals surface area (Å²) in [5.41, 5.74) is 2.30. The Hall–Kier alpha value is -3.85. The van der Waals surface area contributed by atoms with Crippen LogP contribution in [-0.4, -0.2) is 54.6 Å². The van der Waals surface area contributed by atoms with Gasteiger partial charge < -0.3 is 24.3 Å². The Morgan fingerprint density at radius 2 is 1.78 bits per heavy atom. The predicted molar refractivity (Wildman–Crippen MR) is 144 cm³/mol. The van der Waals surface area contributed by atoms with Gasteiger partial charge in [-0.25, -0.2) is 0 Å². The van der Waals surface area contributed by atoms with Crippen LogP contribution in [0.15, 0.2) is 71.3 Å². The van der Waals surface area contributed by atoms with E-state index < -0.39 is 0 Å². The molecule has 0 bridgehead atoms. The van der Waals surface area contributed by atoms with Crippen LogP contribution in [0.2, 0.25) is 0 Å². The van der Waals surface area contributed by atoms with Gasteiger partial charge in [0, 0.05) is 43.1 Å². The van der Waals surface area contributed by atoms with E-state index in [2.05, 4.69) is 29.4 Å². The first-order chi connectivity index (χ1) is 17.4. The van der Waals surface area contributed by atoms with Gasteiger partial charge in [-0.2, -0.15) is 0 Å². The zero-order valence-corrected chi connectivity index (χ0v) is 21.2. The molecule has 1 fully saturated rings. The molecule has 2 aromatic carbocycles. The van der Waals surface area contributed by atoms with E-state index in [1.807, 2.05) is 30.3 Å². The molecule has 2 heterocycles. The van der Waals surface area contributed by atoms with Crippen LogP contribution in [0, 0.1) is 5.92 Å². The maximum Gasteiger partial charge on any atom is 0.289 e. The molecule has 36 heavy (non-hydrogen) atoms. The standard InChI is InChI=1S/C27H30N4O4S/c1-19(2)18-35-23-6-3-5-20(17-23)25(32)29-27(36)28-21-8-10-22(11-9-21)30-12-14-31(15-13-30)26(33)24-7-4-16-34-24/h3-11,16-17,19H,12-15,18H2,1-2H3,(H2,28,29,32,36). The first-order valence-corrected chi connectivity index (χ1v) is 12.3. The smallest absolute Gasteiger partial charge is 0.289 e. The van der Waals surface area contributed by atoms with Crippen LogP contribution in [0.5, 0.6) is 5.75 Å². The van der Waals surface area contributed by atoms with Gasteiger partial charge in [0.2, 0.25) is 0 Å². The number of anilines is 2. The van der Waals surface area contributed by atoms with Gasteiger partial charge in [0.25, 0.3) is 11.8 Å². The van der Waals surface area contributed by atoms with Gasteiger partial charge >= 0.3 is 0 Å². The van der Waals surface area contributed by atoms with Gasteiger partial charge in [-0.05, 0) is 72.7 Å². The van der Waals surface area contributed by atoms with Crippen molar-refractivity contribution in [3.63, 3.8) is 0 Å². The van der Waals surface area contributed by atoms with Crippen LogP contribution in [0.3, 0.4) is 0 Å². The number of carbonyl (C=O) groups is 2. The molecular formula is C27H30N4O4S. The van der Waals surface area contributed by atoms with Crippen molar-refractivity contribution < 1.29 is 18.7 Å². The highest BCUT2D eigenvalue weighted by atomic mass is 32.1. The van der Waals surface area contributed by atoms with Crippen molar-refractivity contribution in [2.75, 3.05) is 43.0 Å². The molecule has 3 aromatic rings. The van der Waals surface area contributed by atoms with Crippen LogP contribution in [-0.2, 0) is 0 Å². The van der Waals surface area contributed by atoms with Crippen molar-refractivity contribution in [1.29, 1.82) is 0 Å². The molecule has 1 saturated heterocycles. The maximum absolute atomic E-state index is 12.6. The largest absolute Gasteiger partial charge is 0.493 e. The van der Waals surface area contributed by atoms with Gasteiger partial charge in [0.1, 0.15) is 5.75 Å². The number of hydrogen-bond acceptors (Lipinski definition) is 6. The van der Waals surface area contributed by atoms with Gasteiger partial charge in [0.15, 0.2) is 10.9 Å². The van der Waals surface area contributed by atoms with Gasteiger partial charge in [-0.1, -0.05) is 19.9 Å². The lowest BCUT2D eigenvalue weighted by Gasteiger charge is -2.35. The Kier molecular flexibility index (Phi) is 8.22. The second kappa shape index (κ2) is 11.7. The predicted octanol–water partition coefficient (Wildman–Crippen LogP) is 4.40. The first kappa shape index (κ1) is 25.2. The van der Waals surface area contributed by atoms with Crippen molar-refractivity contribution in [3.05, 3.63) is 78.3 Å². The molecule has 0 spiro atoms. The number of hydrogen-bond donors (Lipinski definition) is 2. The highest BCUT2D eigenvalue weighted by molar-refractivity contribution is 7.80. The van der Waals surface area contributed by atoms with Gasteiger partial charge in [-0.3, -0.25) is 14.9 Å². The molecule has 0 atom stereocenters. The van der Waals surface area contributed by atoms with E-state index in [0.717, 1.165) is 24.5 Å². The number of benzene rings is 2. The molecule has 4 rings (SSSR count). The van der Waals surface area contributed by atoms with E-state index in [-0.39, 0.29) is 16.9 Å². The minimum atomic E-state index is -0.305. The summed E-state index contributed by atoms with van der Waals surface area (Å²) in [6.07, 6.45) is 1.51. The van der Waals surface area contributed by atoms with E-state index in [0.29, 0.717) is 42.7 Å². The van der Waals surface area contributed by atoms with E-state index >= 15 is 0 Å². The van der Waals surface area contributed by atoms with E-state index in [9.17, 15) is 9.59 Å². The topological polar surface area (TPSA) is 87.0 Å². The third-order valence-corrected chi connectivity index (χ3v) is 5.90. The highest BCUT2D eigenvalue weighted by Gasteiger charge is 2.23. The third kappa shape index (κ3) is 6.63. The first-order valence-electron chi connectivity index (χ1n) is 11.9. The van der Waals surface area contributed by atoms with Crippen LogP contribution in [0.25, 0.3) is 0 Å². The average molecular weight is 507 g/mol. The number of carbonyl (C=O) groups excluding carboxylic acids is 2. The zero-order chi connectivity index (χ0) is 25.5. The fraction of sp³-hybridized carbons (Fsp3) is 0.296. The number of rotatable bonds is 7. The summed E-state index contributed by atoms with van der Waals surface area (Å²) in [5, 5.41) is 5.98. The Balaban J connectivity index is 1.26. The lowest BCUT2D eigenvalue weighted by atomic mass is 10.2. The molecular weight excluding hydrogens is 476 g/mol. The lowest BCUT2D eigenvalue weighted by molar-refractivity contribution is 0.0714. The van der Waals surface area contributed by atoms with Crippen molar-refractivity contribution >= 4 is 40.5 Å². The molecule has 2 N–H and O–H groups in total. The Morgan fingerprint density at radius 1 is 1.03 bits per heavy atom. The summed E-state index contributed by atoms with van der Waals surface area (Å²) in [4.78, 5) is 29.1. The third-order valence-electron chi connectivity index (χ3n) is 5.70. The van der Waals surface area contributed by atoms with Crippen LogP contribution in [0.1, 0.15) is 34.8 Å². The lowest BCUT2D eigenvalue weighted by Crippen LogP contribution is -2.48. The molecule has 0 aliphatic carbocycles. The molecule has 1 aliphatic heterocycles. The highest BCUT2D eigenvalue weighted by Crippen LogP contribution is 2.21. The maximum atomic E-state index is 12.6. The Bertz CT molecular complexity index is 1190. The normalized spacial score (nSPS) is 13.4. The fourth-order valence-electron chi connectivity index (χ4n) is 3.81. The second-order valence-corrected chi connectivity index (χ2v) is 9.35. The fourth-order valence-corrected chi connectivity index (χ4v) is 4.02. The summed E-state index contributed by atoms with van der Waals surface area (Å²) < 4.78 is 10.9. The van der Waals surface area contributed by atoms with Gasteiger partial charge in [-0.15, -0.1) is 0 Å². The Morgan fingerprint density at radius 3 is 2.44 bits per heavy atom. The minimum absolute atomic E-state index is 0.0791. The summed E-state index contributed by atoms with van der Waals surface area (Å²) in [5.74, 6) is 1.03. The summed E-state index contributed by atoms with van der Waals surface area (Å²) in [7, 11) is 0. The number of piperazine rings is 1. The average Bonchev–Trinajstić information content (AvgIpc) is 3.43. The van der Waals surface area contributed by atoms with Crippen molar-refractivity contribution in [1.82, 2.24) is 10.2 Å². The summed E-state index contributed by atoms with van der Waals surface area (Å²) in [6.45, 7) is 7.43.